The fourth-order valence-corrected chi connectivity index (χ4v) is 20.7. The normalized spacial score (nSPS) is 11.5. The van der Waals surface area contributed by atoms with Crippen LogP contribution < -0.4 is 0 Å². The van der Waals surface area contributed by atoms with E-state index in [0.29, 0.717) is 0 Å². The zero-order valence-corrected chi connectivity index (χ0v) is 71.5. The lowest BCUT2D eigenvalue weighted by atomic mass is 9.81. The standard InChI is InChI=1S/C66H42.C64H42/c1-5-17-43(18-6-1)48-31-33-52(45-21-9-3-10-22-45)60(39-48)56-35-29-47-30-36-58-63(61-40-49(44-19-7-2-8-20-44)32-34-53(61)46-23-11-4-12-24-46)42-64(59-38-37-57(56)65(47)66(58)59)62-41-50-25-13-14-26-51(50)54-27-15-16-28-55(54)62;1-6-16-43(17-7-1)46-26-28-49(29-27-46)59-42-62(61-41-52(45-20-10-3-11-21-45)33-35-54(61)48-24-14-5-15-25-48)58-37-31-50-30-36-55(56-38-39-57(59)64(58)63(50)56)60-40-51(44-18-8-2-9-19-44)32-34-53(60)47-22-12-4-13-23-47/h1-42H;1-42H. The Labute approximate surface area is 757 Å². The number of rotatable bonds is 15. The van der Waals surface area contributed by atoms with Crippen LogP contribution in [0.15, 0.2) is 510 Å². The Morgan fingerprint density at radius 3 is 0.654 bits per heavy atom. The molecule has 0 radical (unpaired) electrons. The molecule has 130 heavy (non-hydrogen) atoms. The molecule has 0 heterocycles. The Morgan fingerprint density at radius 2 is 0.292 bits per heavy atom. The molecule has 0 bridgehead atoms. The van der Waals surface area contributed by atoms with Crippen molar-refractivity contribution in [2.45, 2.75) is 0 Å². The zero-order valence-electron chi connectivity index (χ0n) is 71.5. The van der Waals surface area contributed by atoms with E-state index in [1.54, 1.807) is 0 Å². The van der Waals surface area contributed by atoms with Crippen LogP contribution in [-0.4, -0.2) is 0 Å². The lowest BCUT2D eigenvalue weighted by Crippen LogP contribution is -1.95. The summed E-state index contributed by atoms with van der Waals surface area (Å²) in [6, 6.07) is 188. The van der Waals surface area contributed by atoms with Crippen molar-refractivity contribution in [2.75, 3.05) is 0 Å². The molecule has 0 aliphatic carbocycles. The van der Waals surface area contributed by atoms with Gasteiger partial charge in [-0.25, -0.2) is 0 Å². The topological polar surface area (TPSA) is 0 Å². The van der Waals surface area contributed by atoms with Gasteiger partial charge in [-0.2, -0.15) is 0 Å². The molecule has 25 rings (SSSR count). The first-order chi connectivity index (χ1) is 64.5. The quantitative estimate of drug-likeness (QED) is 0.0898. The van der Waals surface area contributed by atoms with Crippen molar-refractivity contribution >= 4 is 86.2 Å². The summed E-state index contributed by atoms with van der Waals surface area (Å²) in [7, 11) is 0. The van der Waals surface area contributed by atoms with Gasteiger partial charge in [0.25, 0.3) is 0 Å². The second kappa shape index (κ2) is 32.9. The van der Waals surface area contributed by atoms with Crippen molar-refractivity contribution in [3.63, 3.8) is 0 Å². The molecular weight excluding hydrogens is 1560 g/mol. The van der Waals surface area contributed by atoms with E-state index in [0.717, 1.165) is 0 Å². The first-order valence-electron chi connectivity index (χ1n) is 45.1. The first-order valence-corrected chi connectivity index (χ1v) is 45.1. The molecule has 0 aliphatic heterocycles. The highest BCUT2D eigenvalue weighted by molar-refractivity contribution is 6.33. The van der Waals surface area contributed by atoms with E-state index >= 15 is 0 Å². The summed E-state index contributed by atoms with van der Waals surface area (Å²) in [6.45, 7) is 0. The summed E-state index contributed by atoms with van der Waals surface area (Å²) in [5, 5.41) is 20.2. The molecule has 0 heteroatoms. The van der Waals surface area contributed by atoms with Crippen molar-refractivity contribution in [1.29, 1.82) is 0 Å². The second-order valence-electron chi connectivity index (χ2n) is 34.3. The molecule has 0 saturated carbocycles. The van der Waals surface area contributed by atoms with Crippen molar-refractivity contribution in [1.82, 2.24) is 0 Å². The molecule has 0 amide bonds. The smallest absolute Gasteiger partial charge is 0.00141 e. The van der Waals surface area contributed by atoms with Crippen LogP contribution in [0, 0.1) is 0 Å². The third kappa shape index (κ3) is 13.7. The van der Waals surface area contributed by atoms with Gasteiger partial charge in [-0.05, 0) is 296 Å². The first kappa shape index (κ1) is 76.7. The fraction of sp³-hybridized carbons (Fsp3) is 0. The van der Waals surface area contributed by atoms with Crippen LogP contribution >= 0.6 is 0 Å². The van der Waals surface area contributed by atoms with Crippen molar-refractivity contribution in [3.05, 3.63) is 510 Å². The highest BCUT2D eigenvalue weighted by Gasteiger charge is 2.27. The van der Waals surface area contributed by atoms with Crippen LogP contribution in [0.1, 0.15) is 0 Å². The van der Waals surface area contributed by atoms with E-state index in [1.165, 1.54) is 253 Å². The SMILES string of the molecule is c1ccc(-c2ccc(-c3cc(-c4cc(-c5ccccc5)ccc4-c4ccccc4)c4ccc5ccc(-c6cc(-c7ccccc7)ccc6-c6ccccc6)c6ccc3c4c56)cc2)cc1.c1ccc(-c2ccc(-c3ccccc3)c(-c3ccc4ccc5c(-c6cc(-c7ccccc7)ccc6-c6ccccc6)cc(-c6cc7ccccc7c7ccccc67)c6ccc3c4c56)c2)cc1. The Bertz CT molecular complexity index is 8540. The second-order valence-corrected chi connectivity index (χ2v) is 34.3. The van der Waals surface area contributed by atoms with Crippen molar-refractivity contribution < 1.29 is 0 Å². The van der Waals surface area contributed by atoms with Crippen LogP contribution in [0.5, 0.6) is 0 Å². The summed E-state index contributed by atoms with van der Waals surface area (Å²) in [4.78, 5) is 0. The highest BCUT2D eigenvalue weighted by atomic mass is 14.3. The van der Waals surface area contributed by atoms with Gasteiger partial charge in [0, 0.05) is 0 Å². The van der Waals surface area contributed by atoms with Crippen molar-refractivity contribution in [3.8, 4) is 167 Å². The van der Waals surface area contributed by atoms with Crippen LogP contribution in [0.25, 0.3) is 253 Å². The Kier molecular flexibility index (Phi) is 19.4. The monoisotopic (exact) mass is 1640 g/mol. The van der Waals surface area contributed by atoms with E-state index in [-0.39, 0.29) is 0 Å². The predicted octanol–water partition coefficient (Wildman–Crippen LogP) is 36.5. The molecular formula is C130H84. The average molecular weight is 1650 g/mol. The maximum absolute atomic E-state index is 2.51. The minimum Gasteiger partial charge on any atom is -0.0622 e. The molecule has 0 spiro atoms. The van der Waals surface area contributed by atoms with Gasteiger partial charge in [0.15, 0.2) is 0 Å². The van der Waals surface area contributed by atoms with E-state index in [1.807, 2.05) is 0 Å². The maximum Gasteiger partial charge on any atom is -0.00141 e. The molecule has 0 aromatic heterocycles. The Hall–Kier alpha value is -16.9. The molecule has 0 atom stereocenters. The molecule has 25 aromatic carbocycles. The lowest BCUT2D eigenvalue weighted by molar-refractivity contribution is 1.57. The van der Waals surface area contributed by atoms with Gasteiger partial charge in [-0.3, -0.25) is 0 Å². The Morgan fingerprint density at radius 1 is 0.0769 bits per heavy atom. The van der Waals surface area contributed by atoms with E-state index in [4.69, 9.17) is 0 Å². The van der Waals surface area contributed by atoms with Crippen LogP contribution in [0.2, 0.25) is 0 Å². The highest BCUT2D eigenvalue weighted by Crippen LogP contribution is 2.54. The third-order valence-corrected chi connectivity index (χ3v) is 26.9. The number of hydrogen-bond acceptors (Lipinski definition) is 0. The fourth-order valence-electron chi connectivity index (χ4n) is 20.7. The minimum absolute atomic E-state index is 1.20. The predicted molar refractivity (Wildman–Crippen MR) is 557 cm³/mol. The van der Waals surface area contributed by atoms with Gasteiger partial charge in [-0.15, -0.1) is 0 Å². The average Bonchev–Trinajstić information content (AvgIpc) is 0.710. The summed E-state index contributed by atoms with van der Waals surface area (Å²) in [5.41, 5.74) is 36.4. The summed E-state index contributed by atoms with van der Waals surface area (Å²) < 4.78 is 0. The summed E-state index contributed by atoms with van der Waals surface area (Å²) in [6.07, 6.45) is 0. The van der Waals surface area contributed by atoms with Gasteiger partial charge < -0.3 is 0 Å². The van der Waals surface area contributed by atoms with Crippen molar-refractivity contribution in [2.24, 2.45) is 0 Å². The molecule has 25 aromatic rings. The molecule has 0 fully saturated rings. The van der Waals surface area contributed by atoms with Crippen LogP contribution in [0.3, 0.4) is 0 Å². The number of benzene rings is 25. The minimum atomic E-state index is 1.20. The van der Waals surface area contributed by atoms with Gasteiger partial charge in [-0.1, -0.05) is 467 Å². The zero-order chi connectivity index (χ0) is 86.0. The number of fused-ring (bicyclic) bond motifs is 3. The lowest BCUT2D eigenvalue weighted by Gasteiger charge is -2.22. The van der Waals surface area contributed by atoms with E-state index < -0.39 is 0 Å². The number of hydrogen-bond donors (Lipinski definition) is 0. The van der Waals surface area contributed by atoms with E-state index in [2.05, 4.69) is 510 Å². The van der Waals surface area contributed by atoms with Gasteiger partial charge in [0.05, 0.1) is 0 Å². The molecule has 0 saturated heterocycles. The summed E-state index contributed by atoms with van der Waals surface area (Å²) in [5.74, 6) is 0. The van der Waals surface area contributed by atoms with Gasteiger partial charge in [0.1, 0.15) is 0 Å². The van der Waals surface area contributed by atoms with Crippen LogP contribution in [0.4, 0.5) is 0 Å². The maximum atomic E-state index is 2.51. The largest absolute Gasteiger partial charge is 0.0622 e. The summed E-state index contributed by atoms with van der Waals surface area (Å²) >= 11 is 0. The molecule has 604 valence electrons. The third-order valence-electron chi connectivity index (χ3n) is 26.9. The molecule has 0 unspecified atom stereocenters. The molecule has 0 nitrogen and oxygen atoms in total. The van der Waals surface area contributed by atoms with Gasteiger partial charge in [0.2, 0.25) is 0 Å². The van der Waals surface area contributed by atoms with E-state index in [9.17, 15) is 0 Å². The van der Waals surface area contributed by atoms with Crippen LogP contribution in [-0.2, 0) is 0 Å². The molecule has 0 N–H and O–H groups in total. The van der Waals surface area contributed by atoms with Gasteiger partial charge >= 0.3 is 0 Å². The Balaban J connectivity index is 0.000000144. The molecule has 0 aliphatic rings.